The number of aryl methyl sites for hydroxylation is 1. The Morgan fingerprint density at radius 3 is 2.48 bits per heavy atom. The van der Waals surface area contributed by atoms with Gasteiger partial charge in [-0.25, -0.2) is 4.79 Å². The van der Waals surface area contributed by atoms with E-state index in [9.17, 15) is 9.59 Å². The molecular formula is C16H14N4O2S. The number of rotatable bonds is 2. The molecule has 3 rings (SSSR count). The van der Waals surface area contributed by atoms with Gasteiger partial charge in [0.2, 0.25) is 0 Å². The zero-order chi connectivity index (χ0) is 16.4. The van der Waals surface area contributed by atoms with Crippen molar-refractivity contribution in [3.63, 3.8) is 0 Å². The number of amides is 1. The number of nitrogens with one attached hydrogen (secondary N) is 4. The van der Waals surface area contributed by atoms with Crippen LogP contribution in [0.5, 0.6) is 0 Å². The molecule has 3 aromatic rings. The molecule has 4 N–H and O–H groups in total. The molecule has 7 heteroatoms. The fourth-order valence-electron chi connectivity index (χ4n) is 2.15. The zero-order valence-electron chi connectivity index (χ0n) is 12.3. The molecule has 0 saturated carbocycles. The van der Waals surface area contributed by atoms with Crippen LogP contribution in [0.4, 0.5) is 5.69 Å². The number of aromatic nitrogens is 2. The molecule has 0 radical (unpaired) electrons. The van der Waals surface area contributed by atoms with Gasteiger partial charge in [0, 0.05) is 11.3 Å². The van der Waals surface area contributed by atoms with Crippen LogP contribution in [0.15, 0.2) is 47.3 Å². The molecule has 0 atom stereocenters. The second-order valence-corrected chi connectivity index (χ2v) is 5.52. The van der Waals surface area contributed by atoms with Crippen LogP contribution in [0.1, 0.15) is 15.9 Å². The summed E-state index contributed by atoms with van der Waals surface area (Å²) in [5.41, 5.74) is 3.37. The number of hydrogen-bond acceptors (Lipinski definition) is 3. The first-order valence-electron chi connectivity index (χ1n) is 6.92. The van der Waals surface area contributed by atoms with Gasteiger partial charge in [0.05, 0.1) is 11.0 Å². The first-order chi connectivity index (χ1) is 11.0. The summed E-state index contributed by atoms with van der Waals surface area (Å²) in [5, 5.41) is 5.73. The van der Waals surface area contributed by atoms with Gasteiger partial charge in [-0.1, -0.05) is 17.7 Å². The monoisotopic (exact) mass is 326 g/mol. The van der Waals surface area contributed by atoms with E-state index >= 15 is 0 Å². The van der Waals surface area contributed by atoms with Gasteiger partial charge >= 0.3 is 5.69 Å². The van der Waals surface area contributed by atoms with Crippen LogP contribution in [0.3, 0.4) is 0 Å². The Hall–Kier alpha value is -2.93. The molecule has 0 spiro atoms. The molecule has 1 heterocycles. The number of benzene rings is 2. The predicted octanol–water partition coefficient (Wildman–Crippen LogP) is 2.29. The summed E-state index contributed by atoms with van der Waals surface area (Å²) in [6.45, 7) is 1.95. The van der Waals surface area contributed by atoms with Crippen molar-refractivity contribution in [2.45, 2.75) is 6.92 Å². The first kappa shape index (κ1) is 15.0. The molecule has 0 unspecified atom stereocenters. The van der Waals surface area contributed by atoms with Crippen LogP contribution >= 0.6 is 12.2 Å². The number of thiocarbonyl (C=S) groups is 1. The number of H-pyrrole nitrogens is 2. The SMILES string of the molecule is Cc1ccc(C(=O)NC(=S)Nc2ccc3[nH]c(=O)[nH]c3c2)cc1. The highest BCUT2D eigenvalue weighted by molar-refractivity contribution is 7.80. The number of carbonyl (C=O) groups is 1. The third kappa shape index (κ3) is 3.46. The van der Waals surface area contributed by atoms with Crippen molar-refractivity contribution in [2.75, 3.05) is 5.32 Å². The van der Waals surface area contributed by atoms with E-state index in [0.717, 1.165) is 5.56 Å². The van der Waals surface area contributed by atoms with Crippen molar-refractivity contribution >= 4 is 40.0 Å². The molecule has 116 valence electrons. The summed E-state index contributed by atoms with van der Waals surface area (Å²) >= 11 is 5.14. The Morgan fingerprint density at radius 1 is 1.04 bits per heavy atom. The number of aromatic amines is 2. The van der Waals surface area contributed by atoms with E-state index in [1.54, 1.807) is 30.3 Å². The Bertz CT molecular complexity index is 941. The average Bonchev–Trinajstić information content (AvgIpc) is 2.87. The minimum Gasteiger partial charge on any atom is -0.332 e. The summed E-state index contributed by atoms with van der Waals surface area (Å²) in [7, 11) is 0. The van der Waals surface area contributed by atoms with Gasteiger partial charge in [0.15, 0.2) is 5.11 Å². The number of hydrogen-bond donors (Lipinski definition) is 4. The van der Waals surface area contributed by atoms with E-state index in [4.69, 9.17) is 12.2 Å². The summed E-state index contributed by atoms with van der Waals surface area (Å²) in [5.74, 6) is -0.279. The van der Waals surface area contributed by atoms with Crippen LogP contribution in [0.25, 0.3) is 11.0 Å². The number of fused-ring (bicyclic) bond motifs is 1. The summed E-state index contributed by atoms with van der Waals surface area (Å²) in [6, 6.07) is 12.4. The fraction of sp³-hybridized carbons (Fsp3) is 0.0625. The molecular weight excluding hydrogens is 312 g/mol. The summed E-state index contributed by atoms with van der Waals surface area (Å²) in [6.07, 6.45) is 0. The van der Waals surface area contributed by atoms with Crippen molar-refractivity contribution in [3.8, 4) is 0 Å². The second-order valence-electron chi connectivity index (χ2n) is 5.11. The lowest BCUT2D eigenvalue weighted by molar-refractivity contribution is 0.0978. The summed E-state index contributed by atoms with van der Waals surface area (Å²) in [4.78, 5) is 28.6. The Kier molecular flexibility index (Phi) is 3.94. The first-order valence-corrected chi connectivity index (χ1v) is 7.33. The van der Waals surface area contributed by atoms with Crippen LogP contribution in [0, 0.1) is 6.92 Å². The number of imidazole rings is 1. The van der Waals surface area contributed by atoms with Gasteiger partial charge in [-0.15, -0.1) is 0 Å². The van der Waals surface area contributed by atoms with Gasteiger partial charge in [-0.3, -0.25) is 10.1 Å². The molecule has 0 saturated heterocycles. The zero-order valence-corrected chi connectivity index (χ0v) is 13.1. The molecule has 23 heavy (non-hydrogen) atoms. The lowest BCUT2D eigenvalue weighted by atomic mass is 10.1. The largest absolute Gasteiger partial charge is 0.332 e. The third-order valence-corrected chi connectivity index (χ3v) is 3.52. The molecule has 0 aliphatic carbocycles. The van der Waals surface area contributed by atoms with E-state index in [1.165, 1.54) is 0 Å². The highest BCUT2D eigenvalue weighted by atomic mass is 32.1. The van der Waals surface area contributed by atoms with Crippen molar-refractivity contribution in [1.82, 2.24) is 15.3 Å². The molecule has 6 nitrogen and oxygen atoms in total. The second kappa shape index (κ2) is 6.05. The molecule has 1 amide bonds. The van der Waals surface area contributed by atoms with Gasteiger partial charge in [0.25, 0.3) is 5.91 Å². The van der Waals surface area contributed by atoms with Gasteiger partial charge in [0.1, 0.15) is 0 Å². The maximum absolute atomic E-state index is 12.1. The van der Waals surface area contributed by atoms with Gasteiger partial charge in [-0.2, -0.15) is 0 Å². The topological polar surface area (TPSA) is 89.8 Å². The number of carbonyl (C=O) groups excluding carboxylic acids is 1. The normalized spacial score (nSPS) is 10.5. The Balaban J connectivity index is 1.69. The molecule has 0 aliphatic heterocycles. The molecule has 0 fully saturated rings. The van der Waals surface area contributed by atoms with Gasteiger partial charge in [-0.05, 0) is 49.5 Å². The van der Waals surface area contributed by atoms with E-state index < -0.39 is 0 Å². The van der Waals surface area contributed by atoms with Crippen molar-refractivity contribution in [1.29, 1.82) is 0 Å². The minimum absolute atomic E-state index is 0.188. The van der Waals surface area contributed by atoms with E-state index in [0.29, 0.717) is 22.3 Å². The molecule has 1 aromatic heterocycles. The van der Waals surface area contributed by atoms with E-state index in [-0.39, 0.29) is 16.7 Å². The quantitative estimate of drug-likeness (QED) is 0.544. The lowest BCUT2D eigenvalue weighted by Gasteiger charge is -2.09. The average molecular weight is 326 g/mol. The Morgan fingerprint density at radius 2 is 1.74 bits per heavy atom. The minimum atomic E-state index is -0.279. The maximum atomic E-state index is 12.1. The van der Waals surface area contributed by atoms with Crippen LogP contribution < -0.4 is 16.3 Å². The van der Waals surface area contributed by atoms with Gasteiger partial charge < -0.3 is 15.3 Å². The van der Waals surface area contributed by atoms with E-state index in [2.05, 4.69) is 20.6 Å². The molecule has 0 bridgehead atoms. The molecule has 0 aliphatic rings. The third-order valence-electron chi connectivity index (χ3n) is 3.31. The van der Waals surface area contributed by atoms with Crippen molar-refractivity contribution < 1.29 is 4.79 Å². The van der Waals surface area contributed by atoms with Crippen molar-refractivity contribution in [3.05, 3.63) is 64.1 Å². The predicted molar refractivity (Wildman–Crippen MR) is 93.8 cm³/mol. The lowest BCUT2D eigenvalue weighted by Crippen LogP contribution is -2.34. The highest BCUT2D eigenvalue weighted by Crippen LogP contribution is 2.14. The van der Waals surface area contributed by atoms with Crippen molar-refractivity contribution in [2.24, 2.45) is 0 Å². The van der Waals surface area contributed by atoms with Crippen LogP contribution in [-0.2, 0) is 0 Å². The maximum Gasteiger partial charge on any atom is 0.323 e. The fourth-order valence-corrected chi connectivity index (χ4v) is 2.36. The van der Waals surface area contributed by atoms with Crippen LogP contribution in [-0.4, -0.2) is 21.0 Å². The number of anilines is 1. The Labute approximate surface area is 136 Å². The van der Waals surface area contributed by atoms with Crippen LogP contribution in [0.2, 0.25) is 0 Å². The summed E-state index contributed by atoms with van der Waals surface area (Å²) < 4.78 is 0. The smallest absolute Gasteiger partial charge is 0.323 e. The molecule has 2 aromatic carbocycles. The standard InChI is InChI=1S/C16H14N4O2S/c1-9-2-4-10(5-3-9)14(21)20-16(23)17-11-6-7-12-13(8-11)19-15(22)18-12/h2-8H,1H3,(H2,18,19,22)(H2,17,20,21,23). The highest BCUT2D eigenvalue weighted by Gasteiger charge is 2.08. The van der Waals surface area contributed by atoms with E-state index in [1.807, 2.05) is 19.1 Å².